The van der Waals surface area contributed by atoms with Crippen molar-refractivity contribution in [3.8, 4) is 0 Å². The van der Waals surface area contributed by atoms with Gasteiger partial charge < -0.3 is 10.2 Å². The van der Waals surface area contributed by atoms with Gasteiger partial charge in [-0.1, -0.05) is 0 Å². The molecule has 9 heavy (non-hydrogen) atoms. The topological polar surface area (TPSA) is 64.3 Å². The van der Waals surface area contributed by atoms with Gasteiger partial charge in [-0.15, -0.1) is 0 Å². The molecular weight excluding hydrogens is 120 g/mol. The SMILES string of the molecule is NOCC1CNC(=O)C1. The number of nitrogens with one attached hydrogen (secondary N) is 1. The van der Waals surface area contributed by atoms with Gasteiger partial charge in [0.05, 0.1) is 6.61 Å². The molecule has 1 unspecified atom stereocenters. The van der Waals surface area contributed by atoms with Crippen molar-refractivity contribution in [3.63, 3.8) is 0 Å². The van der Waals surface area contributed by atoms with Crippen LogP contribution in [0.1, 0.15) is 6.42 Å². The number of nitrogens with two attached hydrogens (primary N) is 1. The van der Waals surface area contributed by atoms with E-state index in [0.29, 0.717) is 19.6 Å². The second-order valence-corrected chi connectivity index (χ2v) is 2.21. The summed E-state index contributed by atoms with van der Waals surface area (Å²) in [4.78, 5) is 14.9. The highest BCUT2D eigenvalue weighted by Crippen LogP contribution is 2.07. The molecule has 3 N–H and O–H groups in total. The molecule has 1 fully saturated rings. The maximum atomic E-state index is 10.5. The number of amides is 1. The van der Waals surface area contributed by atoms with Gasteiger partial charge in [0, 0.05) is 18.9 Å². The monoisotopic (exact) mass is 130 g/mol. The Labute approximate surface area is 53.3 Å². The Kier molecular flexibility index (Phi) is 2.02. The summed E-state index contributed by atoms with van der Waals surface area (Å²) in [5.74, 6) is 5.19. The van der Waals surface area contributed by atoms with E-state index in [0.717, 1.165) is 0 Å². The lowest BCUT2D eigenvalue weighted by atomic mass is 10.1. The predicted octanol–water partition coefficient (Wildman–Crippen LogP) is -0.987. The van der Waals surface area contributed by atoms with E-state index in [-0.39, 0.29) is 11.8 Å². The van der Waals surface area contributed by atoms with Crippen LogP contribution in [0.3, 0.4) is 0 Å². The van der Waals surface area contributed by atoms with Gasteiger partial charge >= 0.3 is 0 Å². The maximum absolute atomic E-state index is 10.5. The van der Waals surface area contributed by atoms with Crippen molar-refractivity contribution in [1.29, 1.82) is 0 Å². The Bertz CT molecular complexity index is 116. The molecule has 4 heteroatoms. The Hall–Kier alpha value is -0.610. The fraction of sp³-hybridized carbons (Fsp3) is 0.800. The van der Waals surface area contributed by atoms with Crippen molar-refractivity contribution in [2.45, 2.75) is 6.42 Å². The zero-order valence-corrected chi connectivity index (χ0v) is 5.09. The van der Waals surface area contributed by atoms with Crippen LogP contribution in [0.2, 0.25) is 0 Å². The Morgan fingerprint density at radius 2 is 2.67 bits per heavy atom. The van der Waals surface area contributed by atoms with Crippen molar-refractivity contribution in [2.24, 2.45) is 11.8 Å². The molecule has 0 spiro atoms. The van der Waals surface area contributed by atoms with Gasteiger partial charge in [-0.3, -0.25) is 4.79 Å². The largest absolute Gasteiger partial charge is 0.356 e. The minimum atomic E-state index is 0.0945. The number of carbonyl (C=O) groups excluding carboxylic acids is 1. The molecule has 4 nitrogen and oxygen atoms in total. The number of hydrogen-bond acceptors (Lipinski definition) is 3. The second kappa shape index (κ2) is 2.80. The fourth-order valence-electron chi connectivity index (χ4n) is 0.919. The van der Waals surface area contributed by atoms with Crippen LogP contribution in [0.25, 0.3) is 0 Å². The molecule has 1 aliphatic rings. The highest BCUT2D eigenvalue weighted by molar-refractivity contribution is 5.78. The molecule has 0 aliphatic carbocycles. The number of carbonyl (C=O) groups is 1. The molecule has 1 amide bonds. The summed E-state index contributed by atoms with van der Waals surface area (Å²) in [7, 11) is 0. The smallest absolute Gasteiger partial charge is 0.220 e. The van der Waals surface area contributed by atoms with E-state index in [2.05, 4.69) is 10.2 Å². The third-order valence-electron chi connectivity index (χ3n) is 1.39. The minimum Gasteiger partial charge on any atom is -0.356 e. The molecule has 0 aromatic carbocycles. The zero-order chi connectivity index (χ0) is 6.69. The van der Waals surface area contributed by atoms with Crippen molar-refractivity contribution in [3.05, 3.63) is 0 Å². The van der Waals surface area contributed by atoms with Gasteiger partial charge in [-0.25, -0.2) is 5.90 Å². The molecule has 0 bridgehead atoms. The van der Waals surface area contributed by atoms with E-state index in [4.69, 9.17) is 5.90 Å². The maximum Gasteiger partial charge on any atom is 0.220 e. The first-order chi connectivity index (χ1) is 4.33. The highest BCUT2D eigenvalue weighted by atomic mass is 16.6. The first-order valence-electron chi connectivity index (χ1n) is 2.91. The van der Waals surface area contributed by atoms with E-state index in [1.54, 1.807) is 0 Å². The van der Waals surface area contributed by atoms with Crippen molar-refractivity contribution in [1.82, 2.24) is 5.32 Å². The second-order valence-electron chi connectivity index (χ2n) is 2.21. The number of hydrogen-bond donors (Lipinski definition) is 2. The van der Waals surface area contributed by atoms with Crippen LogP contribution in [0.15, 0.2) is 0 Å². The molecule has 1 heterocycles. The van der Waals surface area contributed by atoms with E-state index in [1.165, 1.54) is 0 Å². The zero-order valence-electron chi connectivity index (χ0n) is 5.09. The third-order valence-corrected chi connectivity index (χ3v) is 1.39. The first-order valence-corrected chi connectivity index (χ1v) is 2.91. The van der Waals surface area contributed by atoms with Crippen LogP contribution >= 0.6 is 0 Å². The van der Waals surface area contributed by atoms with Gasteiger partial charge in [0.1, 0.15) is 0 Å². The summed E-state index contributed by atoms with van der Waals surface area (Å²) in [6, 6.07) is 0. The summed E-state index contributed by atoms with van der Waals surface area (Å²) in [5, 5.41) is 2.68. The lowest BCUT2D eigenvalue weighted by molar-refractivity contribution is -0.119. The summed E-state index contributed by atoms with van der Waals surface area (Å²) in [6.45, 7) is 1.18. The molecule has 0 aromatic heterocycles. The van der Waals surface area contributed by atoms with Crippen LogP contribution in [0.4, 0.5) is 0 Å². The van der Waals surface area contributed by atoms with Crippen LogP contribution in [0, 0.1) is 5.92 Å². The van der Waals surface area contributed by atoms with Crippen LogP contribution in [0.5, 0.6) is 0 Å². The van der Waals surface area contributed by atoms with Gasteiger partial charge in [0.2, 0.25) is 5.91 Å². The average molecular weight is 130 g/mol. The van der Waals surface area contributed by atoms with Crippen LogP contribution in [-0.2, 0) is 9.63 Å². The van der Waals surface area contributed by atoms with E-state index >= 15 is 0 Å². The first kappa shape index (κ1) is 6.51. The summed E-state index contributed by atoms with van der Waals surface area (Å²) >= 11 is 0. The van der Waals surface area contributed by atoms with Gasteiger partial charge in [-0.05, 0) is 0 Å². The Balaban J connectivity index is 2.22. The summed E-state index contributed by atoms with van der Waals surface area (Å²) < 4.78 is 0. The molecule has 0 radical (unpaired) electrons. The minimum absolute atomic E-state index is 0.0945. The molecule has 1 atom stereocenters. The van der Waals surface area contributed by atoms with Gasteiger partial charge in [0.15, 0.2) is 0 Å². The summed E-state index contributed by atoms with van der Waals surface area (Å²) in [5.41, 5.74) is 0. The van der Waals surface area contributed by atoms with E-state index in [9.17, 15) is 4.79 Å². The van der Waals surface area contributed by atoms with Crippen molar-refractivity contribution in [2.75, 3.05) is 13.2 Å². The molecule has 1 saturated heterocycles. The van der Waals surface area contributed by atoms with Crippen molar-refractivity contribution >= 4 is 5.91 Å². The Morgan fingerprint density at radius 3 is 3.11 bits per heavy atom. The van der Waals surface area contributed by atoms with Crippen LogP contribution in [-0.4, -0.2) is 19.1 Å². The molecule has 0 aromatic rings. The lowest BCUT2D eigenvalue weighted by Crippen LogP contribution is -2.16. The van der Waals surface area contributed by atoms with Crippen LogP contribution < -0.4 is 11.2 Å². The third kappa shape index (κ3) is 1.65. The summed E-state index contributed by atoms with van der Waals surface area (Å²) in [6.07, 6.45) is 0.553. The highest BCUT2D eigenvalue weighted by Gasteiger charge is 2.20. The molecule has 0 saturated carbocycles. The normalized spacial score (nSPS) is 26.3. The quantitative estimate of drug-likeness (QED) is 0.472. The lowest BCUT2D eigenvalue weighted by Gasteiger charge is -2.01. The molecule has 1 rings (SSSR count). The number of rotatable bonds is 2. The average Bonchev–Trinajstić information content (AvgIpc) is 2.17. The fourth-order valence-corrected chi connectivity index (χ4v) is 0.919. The van der Waals surface area contributed by atoms with E-state index < -0.39 is 0 Å². The van der Waals surface area contributed by atoms with Gasteiger partial charge in [-0.2, -0.15) is 0 Å². The predicted molar refractivity (Wildman–Crippen MR) is 31.3 cm³/mol. The molecule has 1 aliphatic heterocycles. The Morgan fingerprint density at radius 1 is 1.89 bits per heavy atom. The van der Waals surface area contributed by atoms with Crippen molar-refractivity contribution < 1.29 is 9.63 Å². The molecular formula is C5H10N2O2. The van der Waals surface area contributed by atoms with E-state index in [1.807, 2.05) is 0 Å². The van der Waals surface area contributed by atoms with Gasteiger partial charge in [0.25, 0.3) is 0 Å². The standard InChI is InChI=1S/C5H10N2O2/c6-9-3-4-1-5(8)7-2-4/h4H,1-3,6H2,(H,7,8). The molecule has 52 valence electrons.